The Balaban J connectivity index is 1.59. The summed E-state index contributed by atoms with van der Waals surface area (Å²) < 4.78 is 1.44. The number of aryl methyl sites for hydroxylation is 1. The van der Waals surface area contributed by atoms with Crippen molar-refractivity contribution in [3.05, 3.63) is 33.2 Å². The number of likely N-dealkylation sites (tertiary alicyclic amines) is 1. The highest BCUT2D eigenvalue weighted by Crippen LogP contribution is 2.12. The number of thiazole rings is 1. The van der Waals surface area contributed by atoms with E-state index in [9.17, 15) is 9.59 Å². The summed E-state index contributed by atoms with van der Waals surface area (Å²) in [5.41, 5.74) is -0.192. The van der Waals surface area contributed by atoms with Crippen LogP contribution in [0.15, 0.2) is 17.2 Å². The molecule has 1 amide bonds. The number of nitrogens with one attached hydrogen (secondary N) is 1. The van der Waals surface area contributed by atoms with Gasteiger partial charge in [-0.2, -0.15) is 0 Å². The zero-order valence-electron chi connectivity index (χ0n) is 12.7. The number of hydrogen-bond donors (Lipinski definition) is 1. The van der Waals surface area contributed by atoms with Crippen LogP contribution >= 0.6 is 11.3 Å². The molecule has 1 aliphatic rings. The zero-order valence-corrected chi connectivity index (χ0v) is 13.5. The third kappa shape index (κ3) is 3.20. The standard InChI is InChI=1S/C15H20N4O2S/c1-11-10-19-14(21)12(9-17-15(19)22-11)13(20)16-5-4-8-18-6-2-3-7-18/h9-10H,2-8H2,1H3,(H,16,20). The van der Waals surface area contributed by atoms with Crippen molar-refractivity contribution >= 4 is 22.2 Å². The predicted octanol–water partition coefficient (Wildman–Crippen LogP) is 1.28. The van der Waals surface area contributed by atoms with E-state index in [1.54, 1.807) is 6.20 Å². The Morgan fingerprint density at radius 2 is 2.18 bits per heavy atom. The lowest BCUT2D eigenvalue weighted by Crippen LogP contribution is -2.33. The SMILES string of the molecule is Cc1cn2c(=O)c(C(=O)NCCCN3CCCC3)cnc2s1. The molecule has 2 aromatic rings. The van der Waals surface area contributed by atoms with Gasteiger partial charge < -0.3 is 10.2 Å². The van der Waals surface area contributed by atoms with Crippen molar-refractivity contribution in [3.8, 4) is 0 Å². The smallest absolute Gasteiger partial charge is 0.271 e. The maximum absolute atomic E-state index is 12.3. The Labute approximate surface area is 132 Å². The molecule has 0 spiro atoms. The fourth-order valence-electron chi connectivity index (χ4n) is 2.76. The normalized spacial score (nSPS) is 15.5. The predicted molar refractivity (Wildman–Crippen MR) is 86.7 cm³/mol. The van der Waals surface area contributed by atoms with Crippen LogP contribution in [0.25, 0.3) is 4.96 Å². The van der Waals surface area contributed by atoms with Crippen molar-refractivity contribution in [1.82, 2.24) is 19.6 Å². The van der Waals surface area contributed by atoms with Gasteiger partial charge in [0.05, 0.1) is 0 Å². The summed E-state index contributed by atoms with van der Waals surface area (Å²) in [7, 11) is 0. The molecule has 0 aliphatic carbocycles. The van der Waals surface area contributed by atoms with Gasteiger partial charge in [0.1, 0.15) is 5.56 Å². The van der Waals surface area contributed by atoms with E-state index >= 15 is 0 Å². The van der Waals surface area contributed by atoms with E-state index in [0.717, 1.165) is 30.9 Å². The highest BCUT2D eigenvalue weighted by molar-refractivity contribution is 7.16. The number of amides is 1. The van der Waals surface area contributed by atoms with Crippen LogP contribution in [0.3, 0.4) is 0 Å². The molecule has 1 fully saturated rings. The van der Waals surface area contributed by atoms with Gasteiger partial charge >= 0.3 is 0 Å². The molecular formula is C15H20N4O2S. The lowest BCUT2D eigenvalue weighted by molar-refractivity contribution is 0.0950. The molecule has 1 N–H and O–H groups in total. The number of nitrogens with zero attached hydrogens (tertiary/aromatic N) is 3. The highest BCUT2D eigenvalue weighted by atomic mass is 32.1. The first-order chi connectivity index (χ1) is 10.6. The zero-order chi connectivity index (χ0) is 15.5. The Morgan fingerprint density at radius 3 is 2.95 bits per heavy atom. The van der Waals surface area contributed by atoms with E-state index in [1.807, 2.05) is 6.92 Å². The molecule has 1 aliphatic heterocycles. The van der Waals surface area contributed by atoms with Gasteiger partial charge in [0, 0.05) is 23.8 Å². The number of aromatic nitrogens is 2. The van der Waals surface area contributed by atoms with Crippen LogP contribution in [-0.2, 0) is 0 Å². The van der Waals surface area contributed by atoms with Crippen molar-refractivity contribution in [1.29, 1.82) is 0 Å². The molecule has 2 aromatic heterocycles. The largest absolute Gasteiger partial charge is 0.352 e. The van der Waals surface area contributed by atoms with Gasteiger partial charge in [-0.15, -0.1) is 11.3 Å². The van der Waals surface area contributed by atoms with Crippen LogP contribution in [0.1, 0.15) is 34.5 Å². The van der Waals surface area contributed by atoms with Crippen LogP contribution in [0.5, 0.6) is 0 Å². The molecular weight excluding hydrogens is 300 g/mol. The molecule has 22 heavy (non-hydrogen) atoms. The summed E-state index contributed by atoms with van der Waals surface area (Å²) in [6.45, 7) is 5.82. The first kappa shape index (κ1) is 15.2. The van der Waals surface area contributed by atoms with Gasteiger partial charge in [0.15, 0.2) is 4.96 Å². The summed E-state index contributed by atoms with van der Waals surface area (Å²) in [5.74, 6) is -0.336. The average molecular weight is 320 g/mol. The fourth-order valence-corrected chi connectivity index (χ4v) is 3.54. The van der Waals surface area contributed by atoms with Gasteiger partial charge in [-0.1, -0.05) is 0 Å². The van der Waals surface area contributed by atoms with Gasteiger partial charge in [-0.25, -0.2) is 4.98 Å². The van der Waals surface area contributed by atoms with E-state index in [2.05, 4.69) is 15.2 Å². The maximum atomic E-state index is 12.3. The molecule has 0 atom stereocenters. The molecule has 6 nitrogen and oxygen atoms in total. The van der Waals surface area contributed by atoms with Crippen LogP contribution in [0.4, 0.5) is 0 Å². The third-order valence-corrected chi connectivity index (χ3v) is 4.81. The summed E-state index contributed by atoms with van der Waals surface area (Å²) in [6.07, 6.45) is 6.55. The minimum Gasteiger partial charge on any atom is -0.352 e. The third-order valence-electron chi connectivity index (χ3n) is 3.90. The van der Waals surface area contributed by atoms with Gasteiger partial charge in [0.25, 0.3) is 11.5 Å². The molecule has 0 saturated carbocycles. The summed E-state index contributed by atoms with van der Waals surface area (Å²) >= 11 is 1.44. The van der Waals surface area contributed by atoms with E-state index in [0.29, 0.717) is 11.5 Å². The fraction of sp³-hybridized carbons (Fsp3) is 0.533. The molecule has 7 heteroatoms. The monoisotopic (exact) mass is 320 g/mol. The molecule has 1 saturated heterocycles. The molecule has 0 aromatic carbocycles. The van der Waals surface area contributed by atoms with Crippen molar-refractivity contribution in [3.63, 3.8) is 0 Å². The molecule has 3 rings (SSSR count). The summed E-state index contributed by atoms with van der Waals surface area (Å²) in [5, 5.41) is 2.82. The topological polar surface area (TPSA) is 66.7 Å². The van der Waals surface area contributed by atoms with E-state index < -0.39 is 0 Å². The quantitative estimate of drug-likeness (QED) is 0.843. The summed E-state index contributed by atoms with van der Waals surface area (Å²) in [6, 6.07) is 0. The Bertz CT molecular complexity index is 731. The van der Waals surface area contributed by atoms with Crippen molar-refractivity contribution in [2.75, 3.05) is 26.2 Å². The summed E-state index contributed by atoms with van der Waals surface area (Å²) in [4.78, 5) is 32.6. The van der Waals surface area contributed by atoms with E-state index in [-0.39, 0.29) is 17.0 Å². The van der Waals surface area contributed by atoms with E-state index in [1.165, 1.54) is 34.8 Å². The van der Waals surface area contributed by atoms with Crippen molar-refractivity contribution in [2.24, 2.45) is 0 Å². The second-order valence-electron chi connectivity index (χ2n) is 5.63. The average Bonchev–Trinajstić information content (AvgIpc) is 3.12. The molecule has 118 valence electrons. The molecule has 0 bridgehead atoms. The molecule has 0 unspecified atom stereocenters. The second kappa shape index (κ2) is 6.58. The molecule has 3 heterocycles. The number of fused-ring (bicyclic) bond motifs is 1. The van der Waals surface area contributed by atoms with Gasteiger partial charge in [-0.05, 0) is 45.8 Å². The van der Waals surface area contributed by atoms with Gasteiger partial charge in [-0.3, -0.25) is 14.0 Å². The minimum absolute atomic E-state index is 0.108. The number of carbonyl (C=O) groups is 1. The van der Waals surface area contributed by atoms with Crippen molar-refractivity contribution < 1.29 is 4.79 Å². The number of rotatable bonds is 5. The number of hydrogen-bond acceptors (Lipinski definition) is 5. The lowest BCUT2D eigenvalue weighted by Gasteiger charge is -2.14. The van der Waals surface area contributed by atoms with E-state index in [4.69, 9.17) is 0 Å². The molecule has 0 radical (unpaired) electrons. The number of carbonyl (C=O) groups excluding carboxylic acids is 1. The van der Waals surface area contributed by atoms with Crippen LogP contribution in [-0.4, -0.2) is 46.4 Å². The maximum Gasteiger partial charge on any atom is 0.271 e. The van der Waals surface area contributed by atoms with Crippen LogP contribution in [0, 0.1) is 6.92 Å². The Hall–Kier alpha value is -1.73. The van der Waals surface area contributed by atoms with Crippen LogP contribution < -0.4 is 10.9 Å². The first-order valence-corrected chi connectivity index (χ1v) is 8.45. The second-order valence-corrected chi connectivity index (χ2v) is 6.84. The first-order valence-electron chi connectivity index (χ1n) is 7.63. The van der Waals surface area contributed by atoms with Crippen molar-refractivity contribution in [2.45, 2.75) is 26.2 Å². The Morgan fingerprint density at radius 1 is 1.41 bits per heavy atom. The lowest BCUT2D eigenvalue weighted by atomic mass is 10.3. The van der Waals surface area contributed by atoms with Crippen LogP contribution in [0.2, 0.25) is 0 Å². The Kier molecular flexibility index (Phi) is 4.54. The highest BCUT2D eigenvalue weighted by Gasteiger charge is 2.15. The van der Waals surface area contributed by atoms with Gasteiger partial charge in [0.2, 0.25) is 0 Å². The minimum atomic E-state index is -0.336.